The molecule has 0 atom stereocenters. The molecule has 1 N–H and O–H groups in total. The molecule has 0 spiro atoms. The van der Waals surface area contributed by atoms with Gasteiger partial charge in [-0.05, 0) is 29.8 Å². The van der Waals surface area contributed by atoms with Gasteiger partial charge in [-0.25, -0.2) is 8.42 Å². The first-order valence-corrected chi connectivity index (χ1v) is 10.2. The highest BCUT2D eigenvalue weighted by Gasteiger charge is 2.37. The maximum atomic E-state index is 13.1. The first kappa shape index (κ1) is 26.1. The summed E-state index contributed by atoms with van der Waals surface area (Å²) >= 11 is 0. The Kier molecular flexibility index (Phi) is 7.41. The summed E-state index contributed by atoms with van der Waals surface area (Å²) in [6.45, 7) is 0. The maximum Gasteiger partial charge on any atom is 0.416 e. The van der Waals surface area contributed by atoms with E-state index in [1.807, 2.05) is 0 Å². The summed E-state index contributed by atoms with van der Waals surface area (Å²) in [7, 11) is -1.37. The van der Waals surface area contributed by atoms with Gasteiger partial charge < -0.3 is 14.2 Å². The Hall–Kier alpha value is -3.16. The smallest absolute Gasteiger partial charge is 0.416 e. The van der Waals surface area contributed by atoms with Crippen LogP contribution in [0.15, 0.2) is 35.2 Å². The van der Waals surface area contributed by atoms with E-state index < -0.39 is 56.5 Å². The number of hydrogen-bond acceptors (Lipinski definition) is 6. The Morgan fingerprint density at radius 2 is 1.33 bits per heavy atom. The molecule has 0 saturated heterocycles. The Morgan fingerprint density at radius 1 is 0.848 bits per heavy atom. The molecule has 0 aliphatic rings. The molecule has 0 saturated carbocycles. The number of rotatable bonds is 7. The molecule has 182 valence electrons. The molecule has 0 bridgehead atoms. The molecule has 0 fully saturated rings. The largest absolute Gasteiger partial charge is 0.493 e. The van der Waals surface area contributed by atoms with Gasteiger partial charge in [0.1, 0.15) is 0 Å². The second kappa shape index (κ2) is 9.37. The lowest BCUT2D eigenvalue weighted by molar-refractivity contribution is -0.143. The predicted octanol–water partition coefficient (Wildman–Crippen LogP) is 4.26. The Morgan fingerprint density at radius 3 is 1.76 bits per heavy atom. The zero-order chi connectivity index (χ0) is 25.2. The lowest BCUT2D eigenvalue weighted by Crippen LogP contribution is -2.19. The van der Waals surface area contributed by atoms with Crippen molar-refractivity contribution in [1.82, 2.24) is 0 Å². The number of carbonyl (C=O) groups excluding carboxylic acids is 1. The average molecular weight is 501 g/mol. The van der Waals surface area contributed by atoms with Crippen molar-refractivity contribution >= 4 is 21.7 Å². The van der Waals surface area contributed by atoms with Crippen LogP contribution in [0, 0.1) is 0 Å². The lowest BCUT2D eigenvalue weighted by Gasteiger charge is -2.18. The number of nitrogens with one attached hydrogen (secondary N) is 1. The van der Waals surface area contributed by atoms with Gasteiger partial charge in [-0.2, -0.15) is 26.3 Å². The van der Waals surface area contributed by atoms with E-state index in [9.17, 15) is 39.6 Å². The van der Waals surface area contributed by atoms with Gasteiger partial charge >= 0.3 is 18.3 Å². The summed E-state index contributed by atoms with van der Waals surface area (Å²) < 4.78 is 121. The highest BCUT2D eigenvalue weighted by molar-refractivity contribution is 7.92. The summed E-state index contributed by atoms with van der Waals surface area (Å²) in [6.07, 6.45) is -11.0. The maximum absolute atomic E-state index is 13.1. The molecule has 0 unspecified atom stereocenters. The van der Waals surface area contributed by atoms with Crippen molar-refractivity contribution in [1.29, 1.82) is 0 Å². The summed E-state index contributed by atoms with van der Waals surface area (Å²) in [5, 5.41) is 0. The molecule has 0 aliphatic heterocycles. The average Bonchev–Trinajstić information content (AvgIpc) is 2.71. The third-order valence-corrected chi connectivity index (χ3v) is 5.72. The second-order valence-corrected chi connectivity index (χ2v) is 8.12. The number of carbonyl (C=O) groups is 1. The topological polar surface area (TPSA) is 90.9 Å². The van der Waals surface area contributed by atoms with Crippen LogP contribution in [0.4, 0.5) is 32.0 Å². The number of benzene rings is 2. The van der Waals surface area contributed by atoms with Crippen LogP contribution < -0.4 is 14.2 Å². The van der Waals surface area contributed by atoms with Crippen molar-refractivity contribution in [3.63, 3.8) is 0 Å². The molecule has 2 aromatic carbocycles. The normalized spacial score (nSPS) is 12.3. The Balaban J connectivity index is 2.66. The molecule has 0 aliphatic carbocycles. The monoisotopic (exact) mass is 501 g/mol. The number of ether oxygens (including phenoxy) is 3. The van der Waals surface area contributed by atoms with E-state index in [0.29, 0.717) is 0 Å². The fraction of sp³-hybridized carbons (Fsp3) is 0.316. The predicted molar refractivity (Wildman–Crippen MR) is 103 cm³/mol. The van der Waals surface area contributed by atoms with Gasteiger partial charge in [-0.3, -0.25) is 9.52 Å². The van der Waals surface area contributed by atoms with Crippen LogP contribution >= 0.6 is 0 Å². The molecule has 2 rings (SSSR count). The summed E-state index contributed by atoms with van der Waals surface area (Å²) in [5.41, 5.74) is -4.61. The molecule has 0 aromatic heterocycles. The van der Waals surface area contributed by atoms with Crippen molar-refractivity contribution in [2.75, 3.05) is 26.1 Å². The van der Waals surface area contributed by atoms with Crippen LogP contribution in [0.1, 0.15) is 16.7 Å². The van der Waals surface area contributed by atoms with Crippen molar-refractivity contribution in [2.45, 2.75) is 23.7 Å². The van der Waals surface area contributed by atoms with Crippen molar-refractivity contribution in [3.05, 3.63) is 47.0 Å². The van der Waals surface area contributed by atoms with Gasteiger partial charge in [0.2, 0.25) is 0 Å². The number of hydrogen-bond donors (Lipinski definition) is 1. The molecule has 7 nitrogen and oxygen atoms in total. The summed E-state index contributed by atoms with van der Waals surface area (Å²) in [5.74, 6) is -0.961. The SMILES string of the molecule is COC(=O)Cc1cc(OC)c(OC)cc1S(=O)(=O)Nc1cc(C(F)(F)F)cc(C(F)(F)F)c1. The minimum absolute atomic E-state index is 0.0220. The van der Waals surface area contributed by atoms with E-state index in [0.717, 1.165) is 19.2 Å². The number of methoxy groups -OCH3 is 3. The molecule has 0 radical (unpaired) electrons. The van der Waals surface area contributed by atoms with Crippen LogP contribution in [0.2, 0.25) is 0 Å². The third kappa shape index (κ3) is 6.21. The summed E-state index contributed by atoms with van der Waals surface area (Å²) in [4.78, 5) is 11.1. The van der Waals surface area contributed by atoms with E-state index in [4.69, 9.17) is 9.47 Å². The summed E-state index contributed by atoms with van der Waals surface area (Å²) in [6, 6.07) is 2.33. The number of anilines is 1. The highest BCUT2D eigenvalue weighted by Crippen LogP contribution is 2.39. The van der Waals surface area contributed by atoms with Crippen molar-refractivity contribution < 1.29 is 53.8 Å². The van der Waals surface area contributed by atoms with Crippen molar-refractivity contribution in [3.8, 4) is 11.5 Å². The standard InChI is InChI=1S/C19H17F6NO6S/c1-30-14-4-10(5-17(27)32-3)16(9-15(14)31-2)33(28,29)26-13-7-11(18(20,21)22)6-12(8-13)19(23,24)25/h4,6-9,26H,5H2,1-3H3. The van der Waals surface area contributed by atoms with Gasteiger partial charge in [0.05, 0.1) is 49.5 Å². The molecule has 0 amide bonds. The van der Waals surface area contributed by atoms with E-state index in [2.05, 4.69) is 4.74 Å². The molecular formula is C19H17F6NO6S. The Bertz CT molecular complexity index is 1110. The van der Waals surface area contributed by atoms with Crippen LogP contribution in [0.25, 0.3) is 0 Å². The molecule has 33 heavy (non-hydrogen) atoms. The van der Waals surface area contributed by atoms with E-state index in [1.165, 1.54) is 14.2 Å². The second-order valence-electron chi connectivity index (χ2n) is 6.47. The minimum atomic E-state index is -5.18. The quantitative estimate of drug-likeness (QED) is 0.451. The van der Waals surface area contributed by atoms with Crippen LogP contribution in [-0.2, 0) is 38.3 Å². The van der Waals surface area contributed by atoms with E-state index >= 15 is 0 Å². The number of halogens is 6. The molecule has 14 heteroatoms. The van der Waals surface area contributed by atoms with E-state index in [-0.39, 0.29) is 35.3 Å². The zero-order valence-electron chi connectivity index (χ0n) is 17.2. The first-order chi connectivity index (χ1) is 15.1. The highest BCUT2D eigenvalue weighted by atomic mass is 32.2. The van der Waals surface area contributed by atoms with Gasteiger partial charge in [0.25, 0.3) is 10.0 Å². The van der Waals surface area contributed by atoms with Gasteiger partial charge in [0.15, 0.2) is 11.5 Å². The minimum Gasteiger partial charge on any atom is -0.493 e. The van der Waals surface area contributed by atoms with Crippen LogP contribution in [0.3, 0.4) is 0 Å². The van der Waals surface area contributed by atoms with Crippen molar-refractivity contribution in [2.24, 2.45) is 0 Å². The lowest BCUT2D eigenvalue weighted by atomic mass is 10.1. The number of esters is 1. The molecular weight excluding hydrogens is 484 g/mol. The number of sulfonamides is 1. The first-order valence-electron chi connectivity index (χ1n) is 8.76. The van der Waals surface area contributed by atoms with Gasteiger partial charge in [-0.15, -0.1) is 0 Å². The Labute approximate surface area is 184 Å². The van der Waals surface area contributed by atoms with Gasteiger partial charge in [0, 0.05) is 6.07 Å². The van der Waals surface area contributed by atoms with Crippen LogP contribution in [0.5, 0.6) is 11.5 Å². The number of alkyl halides is 6. The van der Waals surface area contributed by atoms with Gasteiger partial charge in [-0.1, -0.05) is 0 Å². The van der Waals surface area contributed by atoms with E-state index in [1.54, 1.807) is 4.72 Å². The molecule has 2 aromatic rings. The zero-order valence-corrected chi connectivity index (χ0v) is 18.0. The molecule has 0 heterocycles. The van der Waals surface area contributed by atoms with Crippen LogP contribution in [-0.4, -0.2) is 35.7 Å². The fourth-order valence-electron chi connectivity index (χ4n) is 2.74. The third-order valence-electron chi connectivity index (χ3n) is 4.26. The fourth-order valence-corrected chi connectivity index (χ4v) is 4.02.